The predicted molar refractivity (Wildman–Crippen MR) is 81.9 cm³/mol. The minimum absolute atomic E-state index is 0.297. The van der Waals surface area contributed by atoms with E-state index in [0.29, 0.717) is 12.3 Å². The molecule has 0 spiro atoms. The fourth-order valence-corrected chi connectivity index (χ4v) is 2.77. The average molecular weight is 295 g/mol. The van der Waals surface area contributed by atoms with E-state index in [1.54, 1.807) is 6.07 Å². The topological polar surface area (TPSA) is 41.5 Å². The van der Waals surface area contributed by atoms with E-state index in [9.17, 15) is 9.50 Å². The van der Waals surface area contributed by atoms with Crippen molar-refractivity contribution in [3.8, 4) is 5.75 Å². The lowest BCUT2D eigenvalue weighted by molar-refractivity contribution is 0.0291. The summed E-state index contributed by atoms with van der Waals surface area (Å²) < 4.78 is 20.0. The van der Waals surface area contributed by atoms with Crippen molar-refractivity contribution in [3.05, 3.63) is 29.6 Å². The van der Waals surface area contributed by atoms with Crippen LogP contribution in [0.3, 0.4) is 0 Å². The quantitative estimate of drug-likeness (QED) is 0.624. The number of aliphatic hydroxyl groups excluding tert-OH is 1. The molecule has 1 aromatic carbocycles. The van der Waals surface area contributed by atoms with Crippen molar-refractivity contribution in [2.75, 3.05) is 6.54 Å². The number of hydrogen-bond donors (Lipinski definition) is 2. The maximum Gasteiger partial charge on any atom is 0.165 e. The van der Waals surface area contributed by atoms with Gasteiger partial charge in [0.1, 0.15) is 6.10 Å². The molecule has 0 amide bonds. The Kier molecular flexibility index (Phi) is 6.46. The van der Waals surface area contributed by atoms with Crippen molar-refractivity contribution < 1.29 is 14.2 Å². The molecule has 1 saturated carbocycles. The number of hydrogen-bond acceptors (Lipinski definition) is 3. The van der Waals surface area contributed by atoms with Gasteiger partial charge in [-0.05, 0) is 38.3 Å². The second kappa shape index (κ2) is 8.35. The van der Waals surface area contributed by atoms with Crippen LogP contribution in [0.15, 0.2) is 18.2 Å². The first-order valence-electron chi connectivity index (χ1n) is 8.05. The zero-order chi connectivity index (χ0) is 15.1. The van der Waals surface area contributed by atoms with Gasteiger partial charge < -0.3 is 15.2 Å². The molecule has 3 nitrogen and oxygen atoms in total. The van der Waals surface area contributed by atoms with Crippen LogP contribution in [-0.2, 0) is 6.54 Å². The summed E-state index contributed by atoms with van der Waals surface area (Å²) in [6.07, 6.45) is 4.92. The molecule has 2 unspecified atom stereocenters. The van der Waals surface area contributed by atoms with E-state index in [1.807, 2.05) is 6.07 Å². The van der Waals surface area contributed by atoms with Crippen molar-refractivity contribution >= 4 is 0 Å². The van der Waals surface area contributed by atoms with E-state index in [1.165, 1.54) is 6.07 Å². The van der Waals surface area contributed by atoms with E-state index in [2.05, 4.69) is 12.2 Å². The number of aliphatic hydroxyl groups is 1. The summed E-state index contributed by atoms with van der Waals surface area (Å²) in [5, 5.41) is 13.4. The van der Waals surface area contributed by atoms with Crippen LogP contribution in [0.4, 0.5) is 4.39 Å². The highest BCUT2D eigenvalue weighted by Crippen LogP contribution is 2.28. The van der Waals surface area contributed by atoms with Gasteiger partial charge in [-0.25, -0.2) is 4.39 Å². The first-order chi connectivity index (χ1) is 10.2. The van der Waals surface area contributed by atoms with Crippen molar-refractivity contribution in [2.24, 2.45) is 0 Å². The number of rotatable bonds is 6. The third-order valence-corrected chi connectivity index (χ3v) is 3.98. The van der Waals surface area contributed by atoms with Crippen LogP contribution in [0.25, 0.3) is 0 Å². The molecule has 0 bridgehead atoms. The average Bonchev–Trinajstić information content (AvgIpc) is 2.67. The van der Waals surface area contributed by atoms with Crippen molar-refractivity contribution in [2.45, 2.75) is 64.2 Å². The molecule has 0 aromatic heterocycles. The Bertz CT molecular complexity index is 439. The van der Waals surface area contributed by atoms with Crippen molar-refractivity contribution in [3.63, 3.8) is 0 Å². The molecule has 2 atom stereocenters. The second-order valence-corrected chi connectivity index (χ2v) is 5.77. The monoisotopic (exact) mass is 295 g/mol. The Morgan fingerprint density at radius 3 is 2.90 bits per heavy atom. The normalized spacial score (nSPS) is 22.8. The first kappa shape index (κ1) is 16.2. The molecule has 0 heterocycles. The smallest absolute Gasteiger partial charge is 0.165 e. The van der Waals surface area contributed by atoms with Gasteiger partial charge in [0.2, 0.25) is 0 Å². The summed E-state index contributed by atoms with van der Waals surface area (Å²) in [4.78, 5) is 0. The fourth-order valence-electron chi connectivity index (χ4n) is 2.77. The van der Waals surface area contributed by atoms with Crippen LogP contribution in [0, 0.1) is 5.82 Å². The molecule has 118 valence electrons. The van der Waals surface area contributed by atoms with Crippen LogP contribution in [-0.4, -0.2) is 23.9 Å². The SMILES string of the molecule is CCCNCc1cccc(F)c1OC1CCCCCC1O. The summed E-state index contributed by atoms with van der Waals surface area (Å²) in [6, 6.07) is 5.00. The third-order valence-electron chi connectivity index (χ3n) is 3.98. The van der Waals surface area contributed by atoms with Crippen molar-refractivity contribution in [1.29, 1.82) is 0 Å². The van der Waals surface area contributed by atoms with E-state index >= 15 is 0 Å². The summed E-state index contributed by atoms with van der Waals surface area (Å²) in [7, 11) is 0. The predicted octanol–water partition coefficient (Wildman–Crippen LogP) is 3.40. The Labute approximate surface area is 126 Å². The van der Waals surface area contributed by atoms with Gasteiger partial charge in [-0.3, -0.25) is 0 Å². The number of para-hydroxylation sites is 1. The standard InChI is InChI=1S/C17H26FNO2/c1-2-11-19-12-13-7-6-8-14(18)17(13)21-16-10-5-3-4-9-15(16)20/h6-8,15-16,19-20H,2-5,9-12H2,1H3. The van der Waals surface area contributed by atoms with Gasteiger partial charge in [0, 0.05) is 12.1 Å². The lowest BCUT2D eigenvalue weighted by atomic mass is 10.1. The maximum atomic E-state index is 14.1. The lowest BCUT2D eigenvalue weighted by Gasteiger charge is -2.24. The number of halogens is 1. The Morgan fingerprint density at radius 1 is 1.29 bits per heavy atom. The van der Waals surface area contributed by atoms with Crippen molar-refractivity contribution in [1.82, 2.24) is 5.32 Å². The van der Waals surface area contributed by atoms with E-state index in [-0.39, 0.29) is 11.9 Å². The van der Waals surface area contributed by atoms with E-state index in [0.717, 1.165) is 50.6 Å². The Morgan fingerprint density at radius 2 is 2.10 bits per heavy atom. The van der Waals surface area contributed by atoms with Gasteiger partial charge in [0.25, 0.3) is 0 Å². The minimum atomic E-state index is -0.497. The molecular weight excluding hydrogens is 269 g/mol. The summed E-state index contributed by atoms with van der Waals surface area (Å²) in [5.74, 6) is -0.0469. The zero-order valence-electron chi connectivity index (χ0n) is 12.8. The fraction of sp³-hybridized carbons (Fsp3) is 0.647. The zero-order valence-corrected chi connectivity index (χ0v) is 12.8. The van der Waals surface area contributed by atoms with Crippen LogP contribution in [0.1, 0.15) is 51.0 Å². The van der Waals surface area contributed by atoms with Crippen LogP contribution in [0.5, 0.6) is 5.75 Å². The molecule has 0 radical (unpaired) electrons. The summed E-state index contributed by atoms with van der Waals surface area (Å²) in [5.41, 5.74) is 0.819. The van der Waals surface area contributed by atoms with Gasteiger partial charge in [0.05, 0.1) is 6.10 Å². The van der Waals surface area contributed by atoms with Crippen LogP contribution >= 0.6 is 0 Å². The molecule has 2 rings (SSSR count). The summed E-state index contributed by atoms with van der Waals surface area (Å²) >= 11 is 0. The van der Waals surface area contributed by atoms with Gasteiger partial charge >= 0.3 is 0 Å². The molecule has 4 heteroatoms. The highest BCUT2D eigenvalue weighted by Gasteiger charge is 2.25. The highest BCUT2D eigenvalue weighted by atomic mass is 19.1. The molecule has 0 aliphatic heterocycles. The molecule has 1 fully saturated rings. The van der Waals surface area contributed by atoms with Gasteiger partial charge in [-0.1, -0.05) is 31.9 Å². The first-order valence-corrected chi connectivity index (χ1v) is 8.05. The molecule has 0 saturated heterocycles. The van der Waals surface area contributed by atoms with Gasteiger partial charge in [0.15, 0.2) is 11.6 Å². The minimum Gasteiger partial charge on any atom is -0.484 e. The van der Waals surface area contributed by atoms with E-state index in [4.69, 9.17) is 4.74 Å². The van der Waals surface area contributed by atoms with E-state index < -0.39 is 6.10 Å². The molecule has 1 aliphatic rings. The van der Waals surface area contributed by atoms with Crippen LogP contribution in [0.2, 0.25) is 0 Å². The molecule has 1 aliphatic carbocycles. The number of ether oxygens (including phenoxy) is 1. The maximum absolute atomic E-state index is 14.1. The number of benzene rings is 1. The van der Waals surface area contributed by atoms with Gasteiger partial charge in [-0.2, -0.15) is 0 Å². The molecule has 2 N–H and O–H groups in total. The third kappa shape index (κ3) is 4.68. The number of nitrogens with one attached hydrogen (secondary N) is 1. The van der Waals surface area contributed by atoms with Gasteiger partial charge in [-0.15, -0.1) is 0 Å². The molecular formula is C17H26FNO2. The largest absolute Gasteiger partial charge is 0.484 e. The Balaban J connectivity index is 2.09. The van der Waals surface area contributed by atoms with Crippen LogP contribution < -0.4 is 10.1 Å². The second-order valence-electron chi connectivity index (χ2n) is 5.77. The highest BCUT2D eigenvalue weighted by molar-refractivity contribution is 5.35. The lowest BCUT2D eigenvalue weighted by Crippen LogP contribution is -2.31. The Hall–Kier alpha value is -1.13. The molecule has 21 heavy (non-hydrogen) atoms. The molecule has 1 aromatic rings. The summed E-state index contributed by atoms with van der Waals surface area (Å²) in [6.45, 7) is 3.57.